The van der Waals surface area contributed by atoms with E-state index in [-0.39, 0.29) is 24.3 Å². The van der Waals surface area contributed by atoms with Crippen LogP contribution in [0.1, 0.15) is 41.1 Å². The molecule has 2 aliphatic rings. The lowest BCUT2D eigenvalue weighted by Gasteiger charge is -2.23. The number of nitrogens with zero attached hydrogens (tertiary/aromatic N) is 3. The zero-order valence-electron chi connectivity index (χ0n) is 21.0. The fraction of sp³-hybridized carbons (Fsp3) is 0.241. The zero-order chi connectivity index (χ0) is 25.9. The van der Waals surface area contributed by atoms with Crippen molar-refractivity contribution in [1.29, 1.82) is 0 Å². The summed E-state index contributed by atoms with van der Waals surface area (Å²) in [5.74, 6) is 0.262. The third kappa shape index (κ3) is 5.29. The number of hydrogen-bond donors (Lipinski definition) is 1. The Bertz CT molecular complexity index is 1390. The van der Waals surface area contributed by atoms with Crippen LogP contribution < -0.4 is 10.1 Å². The number of thioether (sulfide) groups is 1. The third-order valence-corrected chi connectivity index (χ3v) is 7.83. The van der Waals surface area contributed by atoms with Gasteiger partial charge in [-0.25, -0.2) is 5.01 Å². The first-order valence-corrected chi connectivity index (χ1v) is 13.0. The average molecular weight is 513 g/mol. The molecule has 0 saturated heterocycles. The molecule has 0 saturated carbocycles. The first-order valence-electron chi connectivity index (χ1n) is 12.1. The lowest BCUT2D eigenvalue weighted by Crippen LogP contribution is -2.25. The molecule has 2 heterocycles. The van der Waals surface area contributed by atoms with Gasteiger partial charge in [0.1, 0.15) is 11.0 Å². The number of hydrazone groups is 1. The van der Waals surface area contributed by atoms with E-state index in [1.165, 1.54) is 11.8 Å². The van der Waals surface area contributed by atoms with E-state index in [0.717, 1.165) is 39.4 Å². The number of carbonyl (C=O) groups excluding carboxylic acids is 2. The van der Waals surface area contributed by atoms with Gasteiger partial charge in [-0.3, -0.25) is 9.59 Å². The van der Waals surface area contributed by atoms with Crippen molar-refractivity contribution in [3.05, 3.63) is 95.1 Å². The van der Waals surface area contributed by atoms with Crippen molar-refractivity contribution in [2.24, 2.45) is 10.1 Å². The Balaban J connectivity index is 1.34. The second-order valence-corrected chi connectivity index (χ2v) is 10.3. The predicted octanol–water partition coefficient (Wildman–Crippen LogP) is 5.49. The molecular weight excluding hydrogens is 484 g/mol. The summed E-state index contributed by atoms with van der Waals surface area (Å²) in [5, 5.41) is 9.61. The molecular formula is C29H28N4O3S. The molecule has 0 spiro atoms. The molecule has 2 atom stereocenters. The van der Waals surface area contributed by atoms with E-state index in [9.17, 15) is 9.59 Å². The topological polar surface area (TPSA) is 83.4 Å². The van der Waals surface area contributed by atoms with Crippen molar-refractivity contribution in [2.75, 3.05) is 12.4 Å². The fourth-order valence-corrected chi connectivity index (χ4v) is 5.50. The average Bonchev–Trinajstić information content (AvgIpc) is 3.51. The molecule has 188 valence electrons. The van der Waals surface area contributed by atoms with Crippen LogP contribution in [-0.4, -0.2) is 40.1 Å². The van der Waals surface area contributed by atoms with Crippen LogP contribution in [0.15, 0.2) is 82.9 Å². The van der Waals surface area contributed by atoms with Crippen molar-refractivity contribution in [1.82, 2.24) is 5.01 Å². The van der Waals surface area contributed by atoms with Crippen molar-refractivity contribution in [3.63, 3.8) is 0 Å². The number of amidine groups is 1. The van der Waals surface area contributed by atoms with E-state index >= 15 is 0 Å². The van der Waals surface area contributed by atoms with Crippen molar-refractivity contribution >= 4 is 40.1 Å². The first-order chi connectivity index (χ1) is 17.9. The number of ether oxygens (including phenoxy) is 1. The summed E-state index contributed by atoms with van der Waals surface area (Å²) in [6, 6.07) is 23.6. The lowest BCUT2D eigenvalue weighted by atomic mass is 9.98. The van der Waals surface area contributed by atoms with E-state index < -0.39 is 5.25 Å². The van der Waals surface area contributed by atoms with Gasteiger partial charge in [0.25, 0.3) is 5.91 Å². The van der Waals surface area contributed by atoms with Gasteiger partial charge in [-0.2, -0.15) is 10.1 Å². The molecule has 37 heavy (non-hydrogen) atoms. The maximum absolute atomic E-state index is 12.8. The molecule has 0 radical (unpaired) electrons. The van der Waals surface area contributed by atoms with Crippen LogP contribution in [0.4, 0.5) is 5.69 Å². The van der Waals surface area contributed by atoms with Gasteiger partial charge in [0, 0.05) is 18.5 Å². The number of carbonyl (C=O) groups is 2. The molecule has 0 aliphatic carbocycles. The highest BCUT2D eigenvalue weighted by Crippen LogP contribution is 2.38. The summed E-state index contributed by atoms with van der Waals surface area (Å²) in [5.41, 5.74) is 5.86. The number of rotatable bonds is 6. The standard InChI is InChI=1S/C29H28N4O3S/c1-18-8-7-11-23(19(18)2)30-27(34)17-26-28(35)31-29(37-26)33-25(21-9-5-4-6-10-21)16-24(32-33)20-12-14-22(36-3)15-13-20/h4-15,25-26H,16-17H2,1-3H3,(H,30,34)/t25-,26+/m0/s1. The van der Waals surface area contributed by atoms with Gasteiger partial charge in [0.05, 0.1) is 18.9 Å². The second-order valence-electron chi connectivity index (χ2n) is 9.09. The summed E-state index contributed by atoms with van der Waals surface area (Å²) in [4.78, 5) is 30.0. The van der Waals surface area contributed by atoms with Gasteiger partial charge in [-0.05, 0) is 66.4 Å². The predicted molar refractivity (Wildman–Crippen MR) is 148 cm³/mol. The number of benzene rings is 3. The highest BCUT2D eigenvalue weighted by atomic mass is 32.2. The monoisotopic (exact) mass is 512 g/mol. The number of aryl methyl sites for hydroxylation is 1. The third-order valence-electron chi connectivity index (χ3n) is 6.69. The van der Waals surface area contributed by atoms with Crippen molar-refractivity contribution in [2.45, 2.75) is 38.0 Å². The minimum atomic E-state index is -0.586. The van der Waals surface area contributed by atoms with Crippen molar-refractivity contribution < 1.29 is 14.3 Å². The van der Waals surface area contributed by atoms with Crippen LogP contribution in [0.5, 0.6) is 5.75 Å². The molecule has 0 aromatic heterocycles. The summed E-state index contributed by atoms with van der Waals surface area (Å²) < 4.78 is 5.29. The summed E-state index contributed by atoms with van der Waals surface area (Å²) in [7, 11) is 1.64. The van der Waals surface area contributed by atoms with Crippen LogP contribution in [0.2, 0.25) is 0 Å². The molecule has 2 aliphatic heterocycles. The first kappa shape index (κ1) is 24.8. The summed E-state index contributed by atoms with van der Waals surface area (Å²) in [6.07, 6.45) is 0.713. The molecule has 2 amide bonds. The molecule has 3 aromatic carbocycles. The quantitative estimate of drug-likeness (QED) is 0.472. The fourth-order valence-electron chi connectivity index (χ4n) is 4.44. The van der Waals surface area contributed by atoms with E-state index in [1.807, 2.05) is 79.5 Å². The summed E-state index contributed by atoms with van der Waals surface area (Å²) in [6.45, 7) is 3.97. The maximum atomic E-state index is 12.8. The molecule has 3 aromatic rings. The van der Waals surface area contributed by atoms with Crippen LogP contribution in [0, 0.1) is 13.8 Å². The Morgan fingerprint density at radius 3 is 2.54 bits per heavy atom. The molecule has 0 fully saturated rings. The van der Waals surface area contributed by atoms with Gasteiger partial charge in [-0.15, -0.1) is 0 Å². The Labute approximate surface area is 220 Å². The van der Waals surface area contributed by atoms with E-state index in [1.54, 1.807) is 7.11 Å². The normalized spacial score (nSPS) is 19.0. The number of methoxy groups -OCH3 is 1. The van der Waals surface area contributed by atoms with E-state index in [2.05, 4.69) is 22.4 Å². The minimum absolute atomic E-state index is 0.0444. The number of hydrogen-bond acceptors (Lipinski definition) is 6. The molecule has 0 bridgehead atoms. The van der Waals surface area contributed by atoms with Gasteiger partial charge in [-0.1, -0.05) is 54.2 Å². The van der Waals surface area contributed by atoms with Crippen molar-refractivity contribution in [3.8, 4) is 5.75 Å². The summed E-state index contributed by atoms with van der Waals surface area (Å²) >= 11 is 1.30. The number of anilines is 1. The van der Waals surface area contributed by atoms with Crippen LogP contribution >= 0.6 is 11.8 Å². The van der Waals surface area contributed by atoms with Crippen LogP contribution in [0.25, 0.3) is 0 Å². The Morgan fingerprint density at radius 2 is 1.81 bits per heavy atom. The highest BCUT2D eigenvalue weighted by Gasteiger charge is 2.39. The minimum Gasteiger partial charge on any atom is -0.497 e. The molecule has 0 unspecified atom stereocenters. The molecule has 8 heteroatoms. The second kappa shape index (κ2) is 10.6. The van der Waals surface area contributed by atoms with Gasteiger partial charge in [0.2, 0.25) is 5.91 Å². The largest absolute Gasteiger partial charge is 0.497 e. The molecule has 7 nitrogen and oxygen atoms in total. The molecule has 5 rings (SSSR count). The zero-order valence-corrected chi connectivity index (χ0v) is 21.8. The number of aliphatic imine (C=N–C) groups is 1. The van der Waals surface area contributed by atoms with Gasteiger partial charge in [0.15, 0.2) is 5.17 Å². The highest BCUT2D eigenvalue weighted by molar-refractivity contribution is 8.15. The number of amides is 2. The Hall–Kier alpha value is -3.91. The van der Waals surface area contributed by atoms with Crippen LogP contribution in [-0.2, 0) is 9.59 Å². The van der Waals surface area contributed by atoms with Gasteiger partial charge < -0.3 is 10.1 Å². The number of nitrogens with one attached hydrogen (secondary N) is 1. The van der Waals surface area contributed by atoms with Gasteiger partial charge >= 0.3 is 0 Å². The van der Waals surface area contributed by atoms with Crippen LogP contribution in [0.3, 0.4) is 0 Å². The smallest absolute Gasteiger partial charge is 0.262 e. The Morgan fingerprint density at radius 1 is 1.05 bits per heavy atom. The maximum Gasteiger partial charge on any atom is 0.262 e. The molecule has 1 N–H and O–H groups in total. The lowest BCUT2D eigenvalue weighted by molar-refractivity contribution is -0.121. The SMILES string of the molecule is COc1ccc(C2=NN(C3=NC(=O)[C@@H](CC(=O)Nc4cccc(C)c4C)S3)[C@H](c3ccccc3)C2)cc1. The van der Waals surface area contributed by atoms with E-state index in [4.69, 9.17) is 9.84 Å². The Kier molecular flexibility index (Phi) is 7.10. The van der Waals surface area contributed by atoms with E-state index in [0.29, 0.717) is 11.6 Å².